The lowest BCUT2D eigenvalue weighted by Gasteiger charge is -2.20. The summed E-state index contributed by atoms with van der Waals surface area (Å²) in [6, 6.07) is 2.67. The highest BCUT2D eigenvalue weighted by Gasteiger charge is 2.29. The minimum Gasteiger partial charge on any atom is -0.494 e. The molecule has 6 heteroatoms. The van der Waals surface area contributed by atoms with Crippen LogP contribution in [0.2, 0.25) is 0 Å². The Balaban J connectivity index is 0.000000646. The topological polar surface area (TPSA) is 72.5 Å². The molecule has 1 aliphatic rings. The Morgan fingerprint density at radius 2 is 1.89 bits per heavy atom. The largest absolute Gasteiger partial charge is 0.494 e. The van der Waals surface area contributed by atoms with Crippen molar-refractivity contribution in [1.29, 1.82) is 0 Å². The van der Waals surface area contributed by atoms with Crippen LogP contribution in [0.3, 0.4) is 0 Å². The van der Waals surface area contributed by atoms with Crippen molar-refractivity contribution in [3.63, 3.8) is 0 Å². The number of benzene rings is 1. The van der Waals surface area contributed by atoms with E-state index in [4.69, 9.17) is 4.74 Å². The first-order valence-electron chi connectivity index (χ1n) is 9.61. The molecular weight excluding hydrogens is 349 g/mol. The normalized spacial score (nSPS) is 16.3. The van der Waals surface area contributed by atoms with Gasteiger partial charge < -0.3 is 4.74 Å². The molecule has 0 radical (unpaired) electrons. The SMILES string of the molecule is CCCCC.CCc1cc(OC)c(F)cc1C(=O)CC1CCC(=O)NC1=O. The van der Waals surface area contributed by atoms with Crippen molar-refractivity contribution in [2.45, 2.75) is 65.7 Å². The van der Waals surface area contributed by atoms with Crippen LogP contribution in [0.5, 0.6) is 5.75 Å². The van der Waals surface area contributed by atoms with Gasteiger partial charge in [0.2, 0.25) is 11.8 Å². The summed E-state index contributed by atoms with van der Waals surface area (Å²) in [4.78, 5) is 35.2. The van der Waals surface area contributed by atoms with E-state index < -0.39 is 17.6 Å². The van der Waals surface area contributed by atoms with Crippen molar-refractivity contribution in [2.24, 2.45) is 5.92 Å². The van der Waals surface area contributed by atoms with E-state index in [2.05, 4.69) is 19.2 Å². The average Bonchev–Trinajstić information content (AvgIpc) is 2.65. The van der Waals surface area contributed by atoms with E-state index in [0.29, 0.717) is 18.4 Å². The van der Waals surface area contributed by atoms with Crippen molar-refractivity contribution in [2.75, 3.05) is 7.11 Å². The maximum Gasteiger partial charge on any atom is 0.230 e. The molecule has 0 bridgehead atoms. The Morgan fingerprint density at radius 1 is 1.22 bits per heavy atom. The molecule has 1 atom stereocenters. The smallest absolute Gasteiger partial charge is 0.230 e. The van der Waals surface area contributed by atoms with Crippen molar-refractivity contribution in [3.05, 3.63) is 29.1 Å². The summed E-state index contributed by atoms with van der Waals surface area (Å²) in [5.74, 6) is -2.11. The van der Waals surface area contributed by atoms with Gasteiger partial charge in [0.15, 0.2) is 17.3 Å². The van der Waals surface area contributed by atoms with Gasteiger partial charge in [0, 0.05) is 24.3 Å². The van der Waals surface area contributed by atoms with Crippen LogP contribution in [0.1, 0.15) is 75.2 Å². The van der Waals surface area contributed by atoms with Crippen LogP contribution < -0.4 is 10.1 Å². The summed E-state index contributed by atoms with van der Waals surface area (Å²) < 4.78 is 18.7. The number of carbonyl (C=O) groups is 3. The number of amides is 2. The molecule has 1 aliphatic heterocycles. The molecule has 1 fully saturated rings. The van der Waals surface area contributed by atoms with E-state index in [9.17, 15) is 18.8 Å². The summed E-state index contributed by atoms with van der Waals surface area (Å²) in [5, 5.41) is 2.22. The van der Waals surface area contributed by atoms with Gasteiger partial charge in [-0.05, 0) is 30.5 Å². The van der Waals surface area contributed by atoms with Crippen LogP contribution in [0.4, 0.5) is 4.39 Å². The van der Waals surface area contributed by atoms with Gasteiger partial charge in [0.25, 0.3) is 0 Å². The van der Waals surface area contributed by atoms with Crippen molar-refractivity contribution >= 4 is 17.6 Å². The fourth-order valence-electron chi connectivity index (χ4n) is 2.92. The molecule has 2 rings (SSSR count). The van der Waals surface area contributed by atoms with Gasteiger partial charge in [-0.3, -0.25) is 19.7 Å². The molecule has 1 unspecified atom stereocenters. The number of hydrogen-bond acceptors (Lipinski definition) is 4. The van der Waals surface area contributed by atoms with Crippen LogP contribution in [-0.2, 0) is 16.0 Å². The van der Waals surface area contributed by atoms with Crippen molar-refractivity contribution in [3.8, 4) is 5.75 Å². The third-order valence-corrected chi connectivity index (χ3v) is 4.55. The van der Waals surface area contributed by atoms with Gasteiger partial charge in [-0.1, -0.05) is 40.0 Å². The second kappa shape index (κ2) is 11.5. The first kappa shape index (κ1) is 22.8. The minimum atomic E-state index is -0.605. The molecule has 5 nitrogen and oxygen atoms in total. The Hall–Kier alpha value is -2.24. The third-order valence-electron chi connectivity index (χ3n) is 4.55. The number of nitrogens with one attached hydrogen (secondary N) is 1. The number of unbranched alkanes of at least 4 members (excludes halogenated alkanes) is 2. The van der Waals surface area contributed by atoms with Gasteiger partial charge in [-0.2, -0.15) is 0 Å². The number of Topliss-reactive ketones (excluding diaryl/α,β-unsaturated/α-hetero) is 1. The Kier molecular flexibility index (Phi) is 9.68. The van der Waals surface area contributed by atoms with E-state index in [1.54, 1.807) is 0 Å². The first-order valence-corrected chi connectivity index (χ1v) is 9.61. The number of hydrogen-bond donors (Lipinski definition) is 1. The molecule has 150 valence electrons. The molecule has 0 aliphatic carbocycles. The zero-order valence-corrected chi connectivity index (χ0v) is 16.7. The number of aryl methyl sites for hydroxylation is 1. The molecule has 1 aromatic carbocycles. The number of piperidine rings is 1. The molecule has 1 saturated heterocycles. The predicted molar refractivity (Wildman–Crippen MR) is 102 cm³/mol. The summed E-state index contributed by atoms with van der Waals surface area (Å²) >= 11 is 0. The van der Waals surface area contributed by atoms with E-state index in [-0.39, 0.29) is 35.8 Å². The zero-order valence-electron chi connectivity index (χ0n) is 16.7. The molecule has 1 aromatic rings. The van der Waals surface area contributed by atoms with E-state index >= 15 is 0 Å². The fraction of sp³-hybridized carbons (Fsp3) is 0.571. The van der Waals surface area contributed by atoms with E-state index in [1.165, 1.54) is 32.4 Å². The number of rotatable bonds is 7. The maximum atomic E-state index is 13.8. The zero-order chi connectivity index (χ0) is 20.4. The molecule has 1 heterocycles. The first-order chi connectivity index (χ1) is 12.9. The molecule has 27 heavy (non-hydrogen) atoms. The molecule has 0 spiro atoms. The van der Waals surface area contributed by atoms with Crippen LogP contribution in [0, 0.1) is 11.7 Å². The third kappa shape index (κ3) is 6.77. The van der Waals surface area contributed by atoms with Gasteiger partial charge in [0.05, 0.1) is 7.11 Å². The van der Waals surface area contributed by atoms with E-state index in [0.717, 1.165) is 6.07 Å². The maximum absolute atomic E-state index is 13.8. The lowest BCUT2D eigenvalue weighted by atomic mass is 9.89. The van der Waals surface area contributed by atoms with Gasteiger partial charge in [-0.25, -0.2) is 4.39 Å². The molecule has 0 saturated carbocycles. The highest BCUT2D eigenvalue weighted by atomic mass is 19.1. The number of ether oxygens (including phenoxy) is 1. The molecule has 0 aromatic heterocycles. The summed E-state index contributed by atoms with van der Waals surface area (Å²) in [6.45, 7) is 6.28. The summed E-state index contributed by atoms with van der Waals surface area (Å²) in [6.07, 6.45) is 5.16. The molecule has 1 N–H and O–H groups in total. The van der Waals surface area contributed by atoms with Crippen molar-refractivity contribution in [1.82, 2.24) is 5.32 Å². The number of carbonyl (C=O) groups excluding carboxylic acids is 3. The van der Waals surface area contributed by atoms with Crippen LogP contribution in [-0.4, -0.2) is 24.7 Å². The standard InChI is InChI=1S/C16H18FNO4.C5H12/c1-3-9-7-14(22-2)12(17)8-11(9)13(19)6-10-4-5-15(20)18-16(10)21;1-3-5-4-2/h7-8,10H,3-6H2,1-2H3,(H,18,20,21);3-5H2,1-2H3. The fourth-order valence-corrected chi connectivity index (χ4v) is 2.92. The van der Waals surface area contributed by atoms with E-state index in [1.807, 2.05) is 6.92 Å². The van der Waals surface area contributed by atoms with Gasteiger partial charge in [-0.15, -0.1) is 0 Å². The Labute approximate surface area is 160 Å². The number of methoxy groups -OCH3 is 1. The lowest BCUT2D eigenvalue weighted by molar-refractivity contribution is -0.136. The lowest BCUT2D eigenvalue weighted by Crippen LogP contribution is -2.41. The number of imide groups is 1. The second-order valence-electron chi connectivity index (χ2n) is 6.63. The quantitative estimate of drug-likeness (QED) is 0.569. The average molecular weight is 379 g/mol. The van der Waals surface area contributed by atoms with Gasteiger partial charge in [0.1, 0.15) is 0 Å². The second-order valence-corrected chi connectivity index (χ2v) is 6.63. The minimum absolute atomic E-state index is 0.0299. The summed E-state index contributed by atoms with van der Waals surface area (Å²) in [5.41, 5.74) is 0.945. The highest BCUT2D eigenvalue weighted by molar-refractivity contribution is 6.03. The molecule has 2 amide bonds. The Bertz CT molecular complexity index is 670. The number of ketones is 1. The van der Waals surface area contributed by atoms with Gasteiger partial charge >= 0.3 is 0 Å². The predicted octanol–water partition coefficient (Wildman–Crippen LogP) is 4.22. The Morgan fingerprint density at radius 3 is 2.37 bits per heavy atom. The van der Waals surface area contributed by atoms with Crippen LogP contribution in [0.25, 0.3) is 0 Å². The summed E-state index contributed by atoms with van der Waals surface area (Å²) in [7, 11) is 1.36. The highest BCUT2D eigenvalue weighted by Crippen LogP contribution is 2.26. The number of halogens is 1. The van der Waals surface area contributed by atoms with Crippen molar-refractivity contribution < 1.29 is 23.5 Å². The monoisotopic (exact) mass is 379 g/mol. The van der Waals surface area contributed by atoms with Crippen LogP contribution >= 0.6 is 0 Å². The molecular formula is C21H30FNO4. The van der Waals surface area contributed by atoms with Crippen LogP contribution in [0.15, 0.2) is 12.1 Å².